The summed E-state index contributed by atoms with van der Waals surface area (Å²) in [6.45, 7) is 5.55. The highest BCUT2D eigenvalue weighted by Gasteiger charge is 2.11. The second kappa shape index (κ2) is 5.11. The Morgan fingerprint density at radius 3 is 2.33 bits per heavy atom. The molecule has 0 fully saturated rings. The van der Waals surface area contributed by atoms with Gasteiger partial charge in [0.15, 0.2) is 0 Å². The molecule has 72 valence electrons. The lowest BCUT2D eigenvalue weighted by molar-refractivity contribution is -0.124. The molecule has 0 aliphatic heterocycles. The SMILES string of the molecule is CC(C)C(=O)NCC(N)C(C)O. The summed E-state index contributed by atoms with van der Waals surface area (Å²) in [5, 5.41) is 11.6. The summed E-state index contributed by atoms with van der Waals surface area (Å²) in [5.74, 6) is -0.0719. The number of hydrogen-bond acceptors (Lipinski definition) is 3. The van der Waals surface area contributed by atoms with Crippen molar-refractivity contribution in [1.82, 2.24) is 5.32 Å². The van der Waals surface area contributed by atoms with Gasteiger partial charge in [-0.15, -0.1) is 0 Å². The molecule has 0 aromatic rings. The molecule has 0 aromatic heterocycles. The molecule has 4 nitrogen and oxygen atoms in total. The maximum Gasteiger partial charge on any atom is 0.222 e. The van der Waals surface area contributed by atoms with E-state index in [1.54, 1.807) is 6.92 Å². The fourth-order valence-corrected chi connectivity index (χ4v) is 0.593. The van der Waals surface area contributed by atoms with E-state index >= 15 is 0 Å². The molecular formula is C8H18N2O2. The molecule has 0 heterocycles. The Hall–Kier alpha value is -0.610. The molecule has 0 aliphatic rings. The minimum absolute atomic E-state index is 0.0359. The fraction of sp³-hybridized carbons (Fsp3) is 0.875. The third kappa shape index (κ3) is 4.31. The van der Waals surface area contributed by atoms with Crippen molar-refractivity contribution in [3.8, 4) is 0 Å². The van der Waals surface area contributed by atoms with Gasteiger partial charge in [0.1, 0.15) is 0 Å². The Morgan fingerprint density at radius 1 is 1.50 bits per heavy atom. The number of aliphatic hydroxyl groups is 1. The van der Waals surface area contributed by atoms with E-state index in [-0.39, 0.29) is 17.9 Å². The van der Waals surface area contributed by atoms with Crippen LogP contribution in [0.4, 0.5) is 0 Å². The van der Waals surface area contributed by atoms with Crippen molar-refractivity contribution in [2.24, 2.45) is 11.7 Å². The first-order valence-electron chi connectivity index (χ1n) is 4.16. The van der Waals surface area contributed by atoms with Gasteiger partial charge in [0.2, 0.25) is 5.91 Å². The largest absolute Gasteiger partial charge is 0.392 e. The van der Waals surface area contributed by atoms with E-state index in [0.29, 0.717) is 6.54 Å². The number of hydrogen-bond donors (Lipinski definition) is 3. The summed E-state index contributed by atoms with van der Waals surface area (Å²) >= 11 is 0. The minimum Gasteiger partial charge on any atom is -0.392 e. The molecule has 0 aromatic carbocycles. The smallest absolute Gasteiger partial charge is 0.222 e. The maximum absolute atomic E-state index is 11.0. The van der Waals surface area contributed by atoms with Crippen LogP contribution in [0, 0.1) is 5.92 Å². The van der Waals surface area contributed by atoms with Gasteiger partial charge in [-0.2, -0.15) is 0 Å². The monoisotopic (exact) mass is 174 g/mol. The van der Waals surface area contributed by atoms with Crippen molar-refractivity contribution >= 4 is 5.91 Å². The Bertz CT molecular complexity index is 146. The number of aliphatic hydroxyl groups excluding tert-OH is 1. The standard InChI is InChI=1S/C8H18N2O2/c1-5(2)8(12)10-4-7(9)6(3)11/h5-7,11H,4,9H2,1-3H3,(H,10,12). The van der Waals surface area contributed by atoms with Crippen LogP contribution >= 0.6 is 0 Å². The maximum atomic E-state index is 11.0. The van der Waals surface area contributed by atoms with E-state index in [0.717, 1.165) is 0 Å². The lowest BCUT2D eigenvalue weighted by Crippen LogP contribution is -2.44. The lowest BCUT2D eigenvalue weighted by atomic mass is 10.1. The van der Waals surface area contributed by atoms with Gasteiger partial charge in [-0.05, 0) is 6.92 Å². The van der Waals surface area contributed by atoms with Crippen LogP contribution in [0.25, 0.3) is 0 Å². The normalized spacial score (nSPS) is 15.8. The average molecular weight is 174 g/mol. The highest BCUT2D eigenvalue weighted by Crippen LogP contribution is 1.91. The molecule has 1 amide bonds. The van der Waals surface area contributed by atoms with Crippen LogP contribution in [-0.2, 0) is 4.79 Å². The van der Waals surface area contributed by atoms with Gasteiger partial charge in [-0.25, -0.2) is 0 Å². The van der Waals surface area contributed by atoms with Crippen LogP contribution < -0.4 is 11.1 Å². The molecule has 0 saturated heterocycles. The predicted octanol–water partition coefficient (Wildman–Crippen LogP) is -0.533. The van der Waals surface area contributed by atoms with Crippen molar-refractivity contribution in [3.05, 3.63) is 0 Å². The molecule has 0 bridgehead atoms. The van der Waals surface area contributed by atoms with Gasteiger partial charge >= 0.3 is 0 Å². The Labute approximate surface area is 73.1 Å². The lowest BCUT2D eigenvalue weighted by Gasteiger charge is -2.16. The van der Waals surface area contributed by atoms with Gasteiger partial charge in [0.25, 0.3) is 0 Å². The second-order valence-electron chi connectivity index (χ2n) is 3.30. The zero-order valence-electron chi connectivity index (χ0n) is 7.87. The molecule has 4 N–H and O–H groups in total. The number of nitrogens with two attached hydrogens (primary N) is 1. The molecular weight excluding hydrogens is 156 g/mol. The van der Waals surface area contributed by atoms with Crippen molar-refractivity contribution < 1.29 is 9.90 Å². The number of amides is 1. The molecule has 0 spiro atoms. The van der Waals surface area contributed by atoms with E-state index in [1.807, 2.05) is 13.8 Å². The molecule has 12 heavy (non-hydrogen) atoms. The molecule has 0 radical (unpaired) electrons. The molecule has 0 rings (SSSR count). The second-order valence-corrected chi connectivity index (χ2v) is 3.30. The number of rotatable bonds is 4. The van der Waals surface area contributed by atoms with Crippen molar-refractivity contribution in [2.45, 2.75) is 32.9 Å². The average Bonchev–Trinajstić information content (AvgIpc) is 1.98. The summed E-state index contributed by atoms with van der Waals surface area (Å²) in [5.41, 5.74) is 5.50. The van der Waals surface area contributed by atoms with E-state index in [2.05, 4.69) is 5.32 Å². The van der Waals surface area contributed by atoms with Crippen LogP contribution in [-0.4, -0.2) is 29.7 Å². The van der Waals surface area contributed by atoms with Crippen LogP contribution in [0.2, 0.25) is 0 Å². The summed E-state index contributed by atoms with van der Waals surface area (Å²) in [4.78, 5) is 11.0. The topological polar surface area (TPSA) is 75.4 Å². The number of nitrogens with one attached hydrogen (secondary N) is 1. The van der Waals surface area contributed by atoms with Gasteiger partial charge in [0, 0.05) is 18.5 Å². The number of carbonyl (C=O) groups excluding carboxylic acids is 1. The fourth-order valence-electron chi connectivity index (χ4n) is 0.593. The predicted molar refractivity (Wildman–Crippen MR) is 47.5 cm³/mol. The number of carbonyl (C=O) groups is 1. The Balaban J connectivity index is 3.61. The zero-order valence-corrected chi connectivity index (χ0v) is 7.87. The van der Waals surface area contributed by atoms with Gasteiger partial charge < -0.3 is 16.2 Å². The quantitative estimate of drug-likeness (QED) is 0.536. The summed E-state index contributed by atoms with van der Waals surface area (Å²) in [6, 6.07) is -0.382. The highest BCUT2D eigenvalue weighted by molar-refractivity contribution is 5.77. The summed E-state index contributed by atoms with van der Waals surface area (Å²) in [6.07, 6.45) is -0.586. The van der Waals surface area contributed by atoms with Crippen LogP contribution in [0.5, 0.6) is 0 Å². The minimum atomic E-state index is -0.586. The summed E-state index contributed by atoms with van der Waals surface area (Å²) < 4.78 is 0. The van der Waals surface area contributed by atoms with Crippen LogP contribution in [0.15, 0.2) is 0 Å². The van der Waals surface area contributed by atoms with E-state index in [1.165, 1.54) is 0 Å². The molecule has 0 aliphatic carbocycles. The van der Waals surface area contributed by atoms with E-state index in [4.69, 9.17) is 10.8 Å². The van der Waals surface area contributed by atoms with Gasteiger partial charge in [-0.3, -0.25) is 4.79 Å². The van der Waals surface area contributed by atoms with Crippen molar-refractivity contribution in [2.75, 3.05) is 6.54 Å². The van der Waals surface area contributed by atoms with Crippen LogP contribution in [0.3, 0.4) is 0 Å². The first kappa shape index (κ1) is 11.4. The third-order valence-electron chi connectivity index (χ3n) is 1.66. The third-order valence-corrected chi connectivity index (χ3v) is 1.66. The Kier molecular flexibility index (Phi) is 4.85. The van der Waals surface area contributed by atoms with Crippen molar-refractivity contribution in [1.29, 1.82) is 0 Å². The molecule has 4 heteroatoms. The van der Waals surface area contributed by atoms with E-state index in [9.17, 15) is 4.79 Å². The molecule has 2 atom stereocenters. The first-order chi connectivity index (χ1) is 5.45. The first-order valence-corrected chi connectivity index (χ1v) is 4.16. The van der Waals surface area contributed by atoms with E-state index < -0.39 is 6.10 Å². The van der Waals surface area contributed by atoms with Gasteiger partial charge in [-0.1, -0.05) is 13.8 Å². The Morgan fingerprint density at radius 2 is 2.00 bits per heavy atom. The highest BCUT2D eigenvalue weighted by atomic mass is 16.3. The molecule has 2 unspecified atom stereocenters. The molecule has 0 saturated carbocycles. The van der Waals surface area contributed by atoms with Gasteiger partial charge in [0.05, 0.1) is 6.10 Å². The zero-order chi connectivity index (χ0) is 9.72. The van der Waals surface area contributed by atoms with Crippen molar-refractivity contribution in [3.63, 3.8) is 0 Å². The summed E-state index contributed by atoms with van der Waals surface area (Å²) in [7, 11) is 0. The van der Waals surface area contributed by atoms with Crippen LogP contribution in [0.1, 0.15) is 20.8 Å².